The van der Waals surface area contributed by atoms with Gasteiger partial charge >= 0.3 is 0 Å². The van der Waals surface area contributed by atoms with Crippen LogP contribution in [0.5, 0.6) is 0 Å². The molecule has 0 fully saturated rings. The Balaban J connectivity index is 2.79. The number of pyridine rings is 1. The fourth-order valence-corrected chi connectivity index (χ4v) is 0.731. The van der Waals surface area contributed by atoms with Gasteiger partial charge in [-0.3, -0.25) is 4.79 Å². The summed E-state index contributed by atoms with van der Waals surface area (Å²) < 4.78 is 0. The molecule has 3 nitrogen and oxygen atoms in total. The first-order valence-corrected chi connectivity index (χ1v) is 3.17. The second-order valence-corrected chi connectivity index (χ2v) is 2.21. The van der Waals surface area contributed by atoms with Gasteiger partial charge < -0.3 is 5.32 Å². The lowest BCUT2D eigenvalue weighted by Crippen LogP contribution is -2.09. The number of carbonyl (C=O) groups is 1. The first kappa shape index (κ1) is 7.79. The maximum Gasteiger partial charge on any atom is 0.201 e. The number of nitrogens with zero attached hydrogens (tertiary/aromatic N) is 1. The molecule has 1 rings (SSSR count). The fourth-order valence-electron chi connectivity index (χ4n) is 0.731. The van der Waals surface area contributed by atoms with E-state index in [2.05, 4.69) is 10.3 Å². The maximum atomic E-state index is 10.4. The number of nitrogens with one attached hydrogen (secondary N) is 1. The van der Waals surface area contributed by atoms with E-state index in [1.165, 1.54) is 0 Å². The van der Waals surface area contributed by atoms with Gasteiger partial charge in [0.05, 0.1) is 0 Å². The molecular weight excluding hydrogens is 139 g/mol. The number of aromatic nitrogens is 1. The highest BCUT2D eigenvalue weighted by atomic mass is 16.1. The molecule has 1 aromatic rings. The van der Waals surface area contributed by atoms with E-state index < -0.39 is 5.81 Å². The summed E-state index contributed by atoms with van der Waals surface area (Å²) in [5, 5.41) is 2.37. The van der Waals surface area contributed by atoms with Crippen LogP contribution in [0.3, 0.4) is 0 Å². The molecule has 1 amide bonds. The van der Waals surface area contributed by atoms with Gasteiger partial charge in [-0.1, -0.05) is 0 Å². The van der Waals surface area contributed by atoms with E-state index in [0.717, 1.165) is 5.56 Å². The highest BCUT2D eigenvalue weighted by Gasteiger charge is 1.94. The van der Waals surface area contributed by atoms with Gasteiger partial charge in [-0.2, -0.15) is 0 Å². The van der Waals surface area contributed by atoms with Crippen LogP contribution in [-0.2, 0) is 0 Å². The topological polar surface area (TPSA) is 42.0 Å². The Kier molecular flexibility index (Phi) is 2.26. The maximum absolute atomic E-state index is 10.4. The van der Waals surface area contributed by atoms with Crippen LogP contribution in [0.2, 0.25) is 0 Å². The summed E-state index contributed by atoms with van der Waals surface area (Å²) in [4.78, 5) is 14.2. The van der Waals surface area contributed by atoms with Crippen LogP contribution in [-0.4, -0.2) is 18.6 Å². The van der Waals surface area contributed by atoms with E-state index in [1.807, 2.05) is 13.0 Å². The van der Waals surface area contributed by atoms with Gasteiger partial charge in [0, 0.05) is 6.20 Å². The SMILES string of the molecule is [B]C(=O)Nc1cc(C)ccn1. The molecule has 0 saturated heterocycles. The van der Waals surface area contributed by atoms with Crippen LogP contribution >= 0.6 is 0 Å². The van der Waals surface area contributed by atoms with Crippen molar-refractivity contribution in [3.8, 4) is 0 Å². The molecule has 0 aromatic carbocycles. The molecule has 0 spiro atoms. The minimum Gasteiger partial charge on any atom is -0.321 e. The van der Waals surface area contributed by atoms with Gasteiger partial charge in [0.2, 0.25) is 7.85 Å². The number of carbonyl (C=O) groups excluding carboxylic acids is 1. The van der Waals surface area contributed by atoms with Gasteiger partial charge in [-0.15, -0.1) is 0 Å². The lowest BCUT2D eigenvalue weighted by atomic mass is 10.1. The Morgan fingerprint density at radius 1 is 1.73 bits per heavy atom. The predicted octanol–water partition coefficient (Wildman–Crippen LogP) is 1.09. The lowest BCUT2D eigenvalue weighted by molar-refractivity contribution is 0.268. The standard InChI is InChI=1S/C7H7BN2O/c1-5-2-3-9-6(4-5)10-7(8)11/h2-4H,1H3,(H,9,10,11). The van der Waals surface area contributed by atoms with Crippen LogP contribution in [0.15, 0.2) is 18.3 Å². The van der Waals surface area contributed by atoms with Crippen molar-refractivity contribution in [2.45, 2.75) is 6.92 Å². The van der Waals surface area contributed by atoms with E-state index in [1.54, 1.807) is 12.3 Å². The summed E-state index contributed by atoms with van der Waals surface area (Å²) in [6.07, 6.45) is 1.61. The molecule has 0 aliphatic heterocycles. The van der Waals surface area contributed by atoms with Crippen molar-refractivity contribution in [1.29, 1.82) is 0 Å². The molecule has 0 saturated carbocycles. The molecule has 0 bridgehead atoms. The second kappa shape index (κ2) is 3.19. The average molecular weight is 146 g/mol. The number of anilines is 1. The molecule has 0 aliphatic carbocycles. The van der Waals surface area contributed by atoms with Gasteiger partial charge in [0.15, 0.2) is 5.81 Å². The van der Waals surface area contributed by atoms with Crippen LogP contribution in [0.25, 0.3) is 0 Å². The van der Waals surface area contributed by atoms with E-state index in [0.29, 0.717) is 5.82 Å². The summed E-state index contributed by atoms with van der Waals surface area (Å²) in [5.74, 6) is -0.111. The van der Waals surface area contributed by atoms with Gasteiger partial charge in [-0.25, -0.2) is 4.98 Å². The number of rotatable bonds is 1. The van der Waals surface area contributed by atoms with Crippen molar-refractivity contribution < 1.29 is 4.79 Å². The normalized spacial score (nSPS) is 9.18. The van der Waals surface area contributed by atoms with Crippen molar-refractivity contribution in [3.05, 3.63) is 23.9 Å². The molecule has 0 aliphatic rings. The minimum absolute atomic E-state index is 0.484. The Hall–Kier alpha value is -1.32. The lowest BCUT2D eigenvalue weighted by Gasteiger charge is -2.00. The van der Waals surface area contributed by atoms with Crippen molar-refractivity contribution in [1.82, 2.24) is 4.98 Å². The van der Waals surface area contributed by atoms with Crippen molar-refractivity contribution in [2.75, 3.05) is 5.32 Å². The Morgan fingerprint density at radius 3 is 3.00 bits per heavy atom. The first-order chi connectivity index (χ1) is 5.18. The highest BCUT2D eigenvalue weighted by molar-refractivity contribution is 6.60. The molecule has 0 atom stereocenters. The van der Waals surface area contributed by atoms with Crippen molar-refractivity contribution in [2.24, 2.45) is 0 Å². The highest BCUT2D eigenvalue weighted by Crippen LogP contribution is 2.04. The summed E-state index contributed by atoms with van der Waals surface area (Å²) in [6, 6.07) is 3.58. The van der Waals surface area contributed by atoms with Gasteiger partial charge in [0.25, 0.3) is 0 Å². The van der Waals surface area contributed by atoms with Crippen molar-refractivity contribution in [3.63, 3.8) is 0 Å². The minimum atomic E-state index is -0.594. The summed E-state index contributed by atoms with van der Waals surface area (Å²) in [6.45, 7) is 1.91. The predicted molar refractivity (Wildman–Crippen MR) is 43.7 cm³/mol. The molecular formula is C7H7BN2O. The molecule has 11 heavy (non-hydrogen) atoms. The summed E-state index contributed by atoms with van der Waals surface area (Å²) in [5.41, 5.74) is 1.03. The molecule has 0 unspecified atom stereocenters. The van der Waals surface area contributed by atoms with Crippen LogP contribution in [0.1, 0.15) is 5.56 Å². The number of aryl methyl sites for hydroxylation is 1. The van der Waals surface area contributed by atoms with E-state index >= 15 is 0 Å². The largest absolute Gasteiger partial charge is 0.321 e. The summed E-state index contributed by atoms with van der Waals surface area (Å²) >= 11 is 0. The monoisotopic (exact) mass is 146 g/mol. The number of hydrogen-bond donors (Lipinski definition) is 1. The van der Waals surface area contributed by atoms with Crippen LogP contribution in [0, 0.1) is 6.92 Å². The van der Waals surface area contributed by atoms with E-state index in [9.17, 15) is 4.79 Å². The second-order valence-electron chi connectivity index (χ2n) is 2.21. The zero-order valence-corrected chi connectivity index (χ0v) is 6.16. The third-order valence-electron chi connectivity index (χ3n) is 1.17. The van der Waals surface area contributed by atoms with Gasteiger partial charge in [0.1, 0.15) is 5.82 Å². The number of hydrogen-bond acceptors (Lipinski definition) is 2. The third-order valence-corrected chi connectivity index (χ3v) is 1.17. The van der Waals surface area contributed by atoms with Gasteiger partial charge in [-0.05, 0) is 24.6 Å². The van der Waals surface area contributed by atoms with E-state index in [-0.39, 0.29) is 0 Å². The Bertz CT molecular complexity index is 275. The number of amides is 1. The zero-order chi connectivity index (χ0) is 8.27. The molecule has 4 heteroatoms. The molecule has 1 N–H and O–H groups in total. The third kappa shape index (κ3) is 2.41. The molecule has 1 aromatic heterocycles. The molecule has 54 valence electrons. The first-order valence-electron chi connectivity index (χ1n) is 3.17. The average Bonchev–Trinajstić information content (AvgIpc) is 1.85. The van der Waals surface area contributed by atoms with Crippen molar-refractivity contribution >= 4 is 19.5 Å². The Labute approximate surface area is 66.2 Å². The molecule has 2 radical (unpaired) electrons. The smallest absolute Gasteiger partial charge is 0.201 e. The fraction of sp³-hybridized carbons (Fsp3) is 0.143. The van der Waals surface area contributed by atoms with E-state index in [4.69, 9.17) is 7.85 Å². The van der Waals surface area contributed by atoms with Crippen LogP contribution in [0.4, 0.5) is 10.6 Å². The zero-order valence-electron chi connectivity index (χ0n) is 6.16. The Morgan fingerprint density at radius 2 is 2.45 bits per heavy atom. The molecule has 1 heterocycles. The quantitative estimate of drug-likeness (QED) is 0.602. The van der Waals surface area contributed by atoms with Crippen LogP contribution < -0.4 is 5.32 Å². The summed E-state index contributed by atoms with van der Waals surface area (Å²) in [7, 11) is 4.88.